The summed E-state index contributed by atoms with van der Waals surface area (Å²) in [4.78, 5) is 17.3. The van der Waals surface area contributed by atoms with E-state index in [1.54, 1.807) is 25.1 Å². The maximum absolute atomic E-state index is 12.8. The van der Waals surface area contributed by atoms with Gasteiger partial charge in [0.1, 0.15) is 5.82 Å². The van der Waals surface area contributed by atoms with Crippen LogP contribution in [0, 0.1) is 0 Å². The van der Waals surface area contributed by atoms with Crippen molar-refractivity contribution in [3.8, 4) is 0 Å². The number of aromatic nitrogens is 2. The lowest BCUT2D eigenvalue weighted by molar-refractivity contribution is 0.671. The van der Waals surface area contributed by atoms with Gasteiger partial charge in [-0.3, -0.25) is 10.2 Å². The molecule has 3 rings (SSSR count). The SMILES string of the molecule is C[C@H](N)c1nc2cccc(Cl)c2c(=O)n1Nc1ccccc1. The Bertz CT molecular complexity index is 874. The lowest BCUT2D eigenvalue weighted by Gasteiger charge is -2.17. The Hall–Kier alpha value is -2.37. The molecule has 0 saturated carbocycles. The van der Waals surface area contributed by atoms with Gasteiger partial charge in [-0.25, -0.2) is 9.66 Å². The third kappa shape index (κ3) is 2.56. The molecule has 112 valence electrons. The lowest BCUT2D eigenvalue weighted by atomic mass is 10.2. The minimum absolute atomic E-state index is 0.272. The fourth-order valence-corrected chi connectivity index (χ4v) is 2.51. The molecule has 0 amide bonds. The van der Waals surface area contributed by atoms with Gasteiger partial charge in [0.05, 0.1) is 27.7 Å². The zero-order valence-corrected chi connectivity index (χ0v) is 12.7. The quantitative estimate of drug-likeness (QED) is 0.779. The maximum Gasteiger partial charge on any atom is 0.281 e. The van der Waals surface area contributed by atoms with Crippen molar-refractivity contribution in [3.63, 3.8) is 0 Å². The number of anilines is 1. The second-order valence-corrected chi connectivity index (χ2v) is 5.42. The maximum atomic E-state index is 12.8. The molecule has 22 heavy (non-hydrogen) atoms. The highest BCUT2D eigenvalue weighted by Gasteiger charge is 2.16. The van der Waals surface area contributed by atoms with Crippen LogP contribution in [-0.2, 0) is 0 Å². The summed E-state index contributed by atoms with van der Waals surface area (Å²) in [6.07, 6.45) is 0. The summed E-state index contributed by atoms with van der Waals surface area (Å²) in [5, 5.41) is 0.742. The first-order chi connectivity index (χ1) is 10.6. The third-order valence-electron chi connectivity index (χ3n) is 3.29. The number of nitrogens with zero attached hydrogens (tertiary/aromatic N) is 2. The van der Waals surface area contributed by atoms with Crippen molar-refractivity contribution in [2.45, 2.75) is 13.0 Å². The third-order valence-corrected chi connectivity index (χ3v) is 3.61. The Morgan fingerprint density at radius 3 is 2.59 bits per heavy atom. The van der Waals surface area contributed by atoms with Crippen molar-refractivity contribution < 1.29 is 0 Å². The Kier molecular flexibility index (Phi) is 3.83. The predicted octanol–water partition coefficient (Wildman–Crippen LogP) is 2.94. The van der Waals surface area contributed by atoms with Crippen LogP contribution in [0.2, 0.25) is 5.02 Å². The van der Waals surface area contributed by atoms with Crippen LogP contribution in [0.3, 0.4) is 0 Å². The molecule has 3 N–H and O–H groups in total. The molecule has 0 aliphatic carbocycles. The molecule has 0 spiro atoms. The molecule has 1 heterocycles. The van der Waals surface area contributed by atoms with Gasteiger partial charge in [-0.1, -0.05) is 35.9 Å². The molecule has 0 fully saturated rings. The van der Waals surface area contributed by atoms with Crippen molar-refractivity contribution in [2.75, 3.05) is 5.43 Å². The zero-order chi connectivity index (χ0) is 15.7. The van der Waals surface area contributed by atoms with E-state index in [0.29, 0.717) is 21.7 Å². The Balaban J connectivity index is 2.27. The van der Waals surface area contributed by atoms with Crippen LogP contribution >= 0.6 is 11.6 Å². The van der Waals surface area contributed by atoms with E-state index in [-0.39, 0.29) is 5.56 Å². The number of benzene rings is 2. The van der Waals surface area contributed by atoms with Crippen LogP contribution in [0.4, 0.5) is 5.69 Å². The normalized spacial score (nSPS) is 12.3. The van der Waals surface area contributed by atoms with E-state index in [0.717, 1.165) is 5.69 Å². The van der Waals surface area contributed by atoms with Crippen molar-refractivity contribution in [2.24, 2.45) is 5.73 Å². The van der Waals surface area contributed by atoms with Gasteiger partial charge in [0.25, 0.3) is 5.56 Å². The van der Waals surface area contributed by atoms with Gasteiger partial charge >= 0.3 is 0 Å². The highest BCUT2D eigenvalue weighted by atomic mass is 35.5. The van der Waals surface area contributed by atoms with Crippen LogP contribution in [0.15, 0.2) is 53.3 Å². The van der Waals surface area contributed by atoms with Crippen LogP contribution in [0.5, 0.6) is 0 Å². The number of halogens is 1. The number of fused-ring (bicyclic) bond motifs is 1. The fraction of sp³-hybridized carbons (Fsp3) is 0.125. The van der Waals surface area contributed by atoms with Crippen molar-refractivity contribution in [1.82, 2.24) is 9.66 Å². The Morgan fingerprint density at radius 1 is 1.18 bits per heavy atom. The largest absolute Gasteiger partial charge is 0.322 e. The van der Waals surface area contributed by atoms with Gasteiger partial charge in [-0.2, -0.15) is 0 Å². The average molecular weight is 315 g/mol. The first kappa shape index (κ1) is 14.6. The average Bonchev–Trinajstić information content (AvgIpc) is 2.50. The first-order valence-electron chi connectivity index (χ1n) is 6.87. The number of rotatable bonds is 3. The van der Waals surface area contributed by atoms with Gasteiger partial charge in [-0.15, -0.1) is 0 Å². The molecule has 0 radical (unpaired) electrons. The second kappa shape index (κ2) is 5.79. The molecule has 1 atom stereocenters. The number of hydrogen-bond acceptors (Lipinski definition) is 4. The summed E-state index contributed by atoms with van der Waals surface area (Å²) >= 11 is 6.16. The topological polar surface area (TPSA) is 72.9 Å². The molecule has 0 bridgehead atoms. The fourth-order valence-electron chi connectivity index (χ4n) is 2.26. The van der Waals surface area contributed by atoms with Gasteiger partial charge in [0, 0.05) is 0 Å². The Morgan fingerprint density at radius 2 is 1.91 bits per heavy atom. The summed E-state index contributed by atoms with van der Waals surface area (Å²) in [5.74, 6) is 0.448. The summed E-state index contributed by atoms with van der Waals surface area (Å²) in [5.41, 5.74) is 10.0. The Labute approximate surface area is 132 Å². The van der Waals surface area contributed by atoms with E-state index < -0.39 is 6.04 Å². The molecular formula is C16H15ClN4O. The van der Waals surface area contributed by atoms with E-state index in [1.807, 2.05) is 30.3 Å². The molecule has 5 nitrogen and oxygen atoms in total. The number of nitrogens with two attached hydrogens (primary N) is 1. The molecule has 6 heteroatoms. The van der Waals surface area contributed by atoms with Gasteiger partial charge in [0.2, 0.25) is 0 Å². The molecule has 0 aliphatic rings. The monoisotopic (exact) mass is 314 g/mol. The predicted molar refractivity (Wildman–Crippen MR) is 89.1 cm³/mol. The summed E-state index contributed by atoms with van der Waals surface area (Å²) in [6.45, 7) is 1.78. The molecule has 0 saturated heterocycles. The van der Waals surface area contributed by atoms with Crippen LogP contribution < -0.4 is 16.7 Å². The zero-order valence-electron chi connectivity index (χ0n) is 12.0. The molecule has 0 unspecified atom stereocenters. The van der Waals surface area contributed by atoms with Crippen LogP contribution in [0.1, 0.15) is 18.8 Å². The second-order valence-electron chi connectivity index (χ2n) is 5.01. The van der Waals surface area contributed by atoms with Gasteiger partial charge < -0.3 is 5.73 Å². The molecule has 0 aliphatic heterocycles. The van der Waals surface area contributed by atoms with E-state index in [2.05, 4.69) is 10.4 Å². The highest BCUT2D eigenvalue weighted by Crippen LogP contribution is 2.20. The number of nitrogens with one attached hydrogen (secondary N) is 1. The van der Waals surface area contributed by atoms with Crippen LogP contribution in [-0.4, -0.2) is 9.66 Å². The van der Waals surface area contributed by atoms with Crippen molar-refractivity contribution in [3.05, 3.63) is 69.7 Å². The highest BCUT2D eigenvalue weighted by molar-refractivity contribution is 6.35. The van der Waals surface area contributed by atoms with E-state index in [4.69, 9.17) is 17.3 Å². The molecule has 2 aromatic carbocycles. The minimum Gasteiger partial charge on any atom is -0.322 e. The number of hydrogen-bond donors (Lipinski definition) is 2. The first-order valence-corrected chi connectivity index (χ1v) is 7.24. The van der Waals surface area contributed by atoms with E-state index in [1.165, 1.54) is 4.68 Å². The number of para-hydroxylation sites is 1. The summed E-state index contributed by atoms with van der Waals surface area (Å²) in [7, 11) is 0. The van der Waals surface area contributed by atoms with E-state index in [9.17, 15) is 4.79 Å². The van der Waals surface area contributed by atoms with Gasteiger partial charge in [-0.05, 0) is 31.2 Å². The van der Waals surface area contributed by atoms with Crippen molar-refractivity contribution in [1.29, 1.82) is 0 Å². The van der Waals surface area contributed by atoms with Crippen molar-refractivity contribution >= 4 is 28.2 Å². The van der Waals surface area contributed by atoms with Crippen LogP contribution in [0.25, 0.3) is 10.9 Å². The minimum atomic E-state index is -0.410. The summed E-state index contributed by atoms with van der Waals surface area (Å²) in [6, 6.07) is 14.1. The lowest BCUT2D eigenvalue weighted by Crippen LogP contribution is -2.33. The van der Waals surface area contributed by atoms with E-state index >= 15 is 0 Å². The molecule has 1 aromatic heterocycles. The summed E-state index contributed by atoms with van der Waals surface area (Å²) < 4.78 is 1.36. The molecule has 3 aromatic rings. The smallest absolute Gasteiger partial charge is 0.281 e. The molecular weight excluding hydrogens is 300 g/mol. The standard InChI is InChI=1S/C16H15ClN4O/c1-10(18)15-19-13-9-5-8-12(17)14(13)16(22)21(15)20-11-6-3-2-4-7-11/h2-10,20H,18H2,1H3/t10-/m0/s1. The van der Waals surface area contributed by atoms with Gasteiger partial charge in [0.15, 0.2) is 0 Å².